The van der Waals surface area contributed by atoms with E-state index in [1.165, 1.54) is 0 Å². The Labute approximate surface area is 130 Å². The second kappa shape index (κ2) is 5.70. The number of hydrogen-bond acceptors (Lipinski definition) is 2. The highest BCUT2D eigenvalue weighted by atomic mass is 35.5. The summed E-state index contributed by atoms with van der Waals surface area (Å²) < 4.78 is 5.70. The van der Waals surface area contributed by atoms with E-state index in [0.29, 0.717) is 18.1 Å². The summed E-state index contributed by atoms with van der Waals surface area (Å²) in [6, 6.07) is 10.0. The molecule has 0 aromatic heterocycles. The highest BCUT2D eigenvalue weighted by Gasteiger charge is 2.20. The van der Waals surface area contributed by atoms with Gasteiger partial charge < -0.3 is 9.84 Å². The minimum absolute atomic E-state index is 0.520. The summed E-state index contributed by atoms with van der Waals surface area (Å²) in [5.74, 6) is 0.905. The van der Waals surface area contributed by atoms with Crippen molar-refractivity contribution in [2.24, 2.45) is 0 Å². The highest BCUT2D eigenvalue weighted by Crippen LogP contribution is 2.35. The van der Waals surface area contributed by atoms with E-state index < -0.39 is 6.10 Å². The quantitative estimate of drug-likeness (QED) is 0.922. The molecule has 0 radical (unpaired) electrons. The molecule has 21 heavy (non-hydrogen) atoms. The molecule has 1 N–H and O–H groups in total. The molecule has 1 aliphatic rings. The Morgan fingerprint density at radius 3 is 2.57 bits per heavy atom. The zero-order valence-corrected chi connectivity index (χ0v) is 13.1. The van der Waals surface area contributed by atoms with Crippen LogP contribution in [-0.4, -0.2) is 11.7 Å². The van der Waals surface area contributed by atoms with Crippen LogP contribution in [-0.2, 0) is 12.8 Å². The number of ether oxygens (including phenoxy) is 1. The Hall–Kier alpha value is -1.51. The van der Waals surface area contributed by atoms with Crippen LogP contribution in [0.25, 0.3) is 0 Å². The molecule has 1 aliphatic heterocycles. The largest absolute Gasteiger partial charge is 0.493 e. The van der Waals surface area contributed by atoms with Crippen LogP contribution in [0.3, 0.4) is 0 Å². The number of benzene rings is 2. The lowest BCUT2D eigenvalue weighted by Crippen LogP contribution is -2.04. The van der Waals surface area contributed by atoms with E-state index >= 15 is 0 Å². The number of rotatable bonds is 3. The maximum atomic E-state index is 10.5. The molecule has 3 rings (SSSR count). The van der Waals surface area contributed by atoms with Crippen LogP contribution in [0, 0.1) is 13.8 Å². The van der Waals surface area contributed by atoms with Crippen molar-refractivity contribution in [3.8, 4) is 5.75 Å². The smallest absolute Gasteiger partial charge is 0.126 e. The molecular weight excluding hydrogens is 284 g/mol. The van der Waals surface area contributed by atoms with E-state index in [0.717, 1.165) is 40.0 Å². The molecule has 0 aliphatic carbocycles. The fourth-order valence-electron chi connectivity index (χ4n) is 3.03. The molecule has 0 saturated heterocycles. The molecule has 1 atom stereocenters. The van der Waals surface area contributed by atoms with E-state index in [9.17, 15) is 5.11 Å². The minimum atomic E-state index is -0.546. The zero-order chi connectivity index (χ0) is 15.0. The van der Waals surface area contributed by atoms with Crippen LogP contribution >= 0.6 is 11.6 Å². The summed E-state index contributed by atoms with van der Waals surface area (Å²) in [5, 5.41) is 11.3. The van der Waals surface area contributed by atoms with Crippen LogP contribution in [0.2, 0.25) is 5.02 Å². The molecule has 2 nitrogen and oxygen atoms in total. The number of halogens is 1. The van der Waals surface area contributed by atoms with Gasteiger partial charge in [0.2, 0.25) is 0 Å². The van der Waals surface area contributed by atoms with Gasteiger partial charge in [-0.3, -0.25) is 0 Å². The van der Waals surface area contributed by atoms with Gasteiger partial charge in [-0.15, -0.1) is 0 Å². The summed E-state index contributed by atoms with van der Waals surface area (Å²) in [6.07, 6.45) is 0.865. The van der Waals surface area contributed by atoms with E-state index in [2.05, 4.69) is 6.07 Å². The first kappa shape index (κ1) is 14.4. The minimum Gasteiger partial charge on any atom is -0.493 e. The molecule has 1 unspecified atom stereocenters. The molecule has 0 fully saturated rings. The topological polar surface area (TPSA) is 29.5 Å². The summed E-state index contributed by atoms with van der Waals surface area (Å²) in [4.78, 5) is 0. The molecule has 0 amide bonds. The molecule has 1 heterocycles. The van der Waals surface area contributed by atoms with Gasteiger partial charge in [-0.25, -0.2) is 0 Å². The second-order valence-corrected chi connectivity index (χ2v) is 6.23. The number of aryl methyl sites for hydroxylation is 2. The van der Waals surface area contributed by atoms with E-state index in [-0.39, 0.29) is 0 Å². The van der Waals surface area contributed by atoms with Crippen molar-refractivity contribution in [1.82, 2.24) is 0 Å². The lowest BCUT2D eigenvalue weighted by molar-refractivity contribution is 0.177. The zero-order valence-electron chi connectivity index (χ0n) is 12.3. The number of fused-ring (bicyclic) bond motifs is 1. The van der Waals surface area contributed by atoms with Crippen LogP contribution in [0.15, 0.2) is 30.3 Å². The standard InChI is InChI=1S/C18H19ClO2/c1-11-5-12(2)7-14(6-11)17(20)10-15-9-16(19)8-13-3-4-21-18(13)15/h5-9,17,20H,3-4,10H2,1-2H3. The lowest BCUT2D eigenvalue weighted by atomic mass is 9.96. The third kappa shape index (κ3) is 3.07. The normalized spacial score (nSPS) is 14.7. The molecule has 110 valence electrons. The van der Waals surface area contributed by atoms with Crippen molar-refractivity contribution >= 4 is 11.6 Å². The molecular formula is C18H19ClO2. The summed E-state index contributed by atoms with van der Waals surface area (Å²) in [7, 11) is 0. The van der Waals surface area contributed by atoms with Crippen molar-refractivity contribution in [3.05, 3.63) is 63.2 Å². The Morgan fingerprint density at radius 1 is 1.14 bits per heavy atom. The number of aliphatic hydroxyl groups is 1. The maximum Gasteiger partial charge on any atom is 0.126 e. The Kier molecular flexibility index (Phi) is 3.92. The molecule has 3 heteroatoms. The van der Waals surface area contributed by atoms with Crippen LogP contribution in [0.4, 0.5) is 0 Å². The average Bonchev–Trinajstić information content (AvgIpc) is 2.85. The Bertz CT molecular complexity index is 659. The van der Waals surface area contributed by atoms with E-state index in [1.807, 2.05) is 38.1 Å². The third-order valence-electron chi connectivity index (χ3n) is 3.87. The SMILES string of the molecule is Cc1cc(C)cc(C(O)Cc2cc(Cl)cc3c2OCC3)c1. The monoisotopic (exact) mass is 302 g/mol. The van der Waals surface area contributed by atoms with Crippen LogP contribution in [0.5, 0.6) is 5.75 Å². The van der Waals surface area contributed by atoms with Gasteiger partial charge in [0.1, 0.15) is 5.75 Å². The van der Waals surface area contributed by atoms with Crippen molar-refractivity contribution in [2.45, 2.75) is 32.8 Å². The van der Waals surface area contributed by atoms with Gasteiger partial charge in [-0.05, 0) is 42.7 Å². The number of aliphatic hydroxyl groups excluding tert-OH is 1. The molecule has 2 aromatic rings. The van der Waals surface area contributed by atoms with Gasteiger partial charge in [0.25, 0.3) is 0 Å². The molecule has 0 saturated carbocycles. The maximum absolute atomic E-state index is 10.5. The average molecular weight is 303 g/mol. The van der Waals surface area contributed by atoms with Gasteiger partial charge in [-0.1, -0.05) is 40.9 Å². The predicted molar refractivity (Wildman–Crippen MR) is 85.2 cm³/mol. The van der Waals surface area contributed by atoms with E-state index in [1.54, 1.807) is 0 Å². The van der Waals surface area contributed by atoms with Crippen LogP contribution < -0.4 is 4.74 Å². The van der Waals surface area contributed by atoms with Crippen molar-refractivity contribution in [2.75, 3.05) is 6.61 Å². The fourth-order valence-corrected chi connectivity index (χ4v) is 3.29. The van der Waals surface area contributed by atoms with Gasteiger partial charge in [0.05, 0.1) is 12.7 Å². The van der Waals surface area contributed by atoms with Gasteiger partial charge >= 0.3 is 0 Å². The summed E-state index contributed by atoms with van der Waals surface area (Å²) >= 11 is 6.17. The van der Waals surface area contributed by atoms with Gasteiger partial charge in [-0.2, -0.15) is 0 Å². The molecule has 0 bridgehead atoms. The van der Waals surface area contributed by atoms with Gasteiger partial charge in [0, 0.05) is 17.9 Å². The second-order valence-electron chi connectivity index (χ2n) is 5.79. The fraction of sp³-hybridized carbons (Fsp3) is 0.333. The summed E-state index contributed by atoms with van der Waals surface area (Å²) in [6.45, 7) is 4.79. The van der Waals surface area contributed by atoms with Crippen molar-refractivity contribution in [1.29, 1.82) is 0 Å². The first-order chi connectivity index (χ1) is 10.0. The molecule has 2 aromatic carbocycles. The van der Waals surface area contributed by atoms with Crippen molar-refractivity contribution in [3.63, 3.8) is 0 Å². The first-order valence-corrected chi connectivity index (χ1v) is 7.61. The summed E-state index contributed by atoms with van der Waals surface area (Å²) in [5.41, 5.74) is 5.40. The van der Waals surface area contributed by atoms with Crippen LogP contribution in [0.1, 0.15) is 33.9 Å². The Balaban J connectivity index is 1.90. The Morgan fingerprint density at radius 2 is 1.86 bits per heavy atom. The van der Waals surface area contributed by atoms with E-state index in [4.69, 9.17) is 16.3 Å². The molecule has 0 spiro atoms. The first-order valence-electron chi connectivity index (χ1n) is 7.23. The van der Waals surface area contributed by atoms with Crippen molar-refractivity contribution < 1.29 is 9.84 Å². The lowest BCUT2D eigenvalue weighted by Gasteiger charge is -2.15. The number of hydrogen-bond donors (Lipinski definition) is 1. The predicted octanol–water partition coefficient (Wildman–Crippen LogP) is 4.17. The van der Waals surface area contributed by atoms with Gasteiger partial charge in [0.15, 0.2) is 0 Å². The highest BCUT2D eigenvalue weighted by molar-refractivity contribution is 6.30. The third-order valence-corrected chi connectivity index (χ3v) is 4.09.